The van der Waals surface area contributed by atoms with Crippen LogP contribution in [-0.4, -0.2) is 33.1 Å². The fraction of sp³-hybridized carbons (Fsp3) is 0.278. The van der Waals surface area contributed by atoms with Gasteiger partial charge in [0.15, 0.2) is 5.76 Å². The summed E-state index contributed by atoms with van der Waals surface area (Å²) in [6.07, 6.45) is 1.51. The van der Waals surface area contributed by atoms with E-state index in [2.05, 4.69) is 14.4 Å². The molecule has 0 bridgehead atoms. The number of carbonyl (C=O) groups excluding carboxylic acids is 2. The molecule has 8 nitrogen and oxygen atoms in total. The van der Waals surface area contributed by atoms with Crippen LogP contribution in [0.25, 0.3) is 5.57 Å². The first kappa shape index (κ1) is 17.6. The summed E-state index contributed by atoms with van der Waals surface area (Å²) in [6, 6.07) is 3.00. The zero-order valence-corrected chi connectivity index (χ0v) is 16.0. The summed E-state index contributed by atoms with van der Waals surface area (Å²) in [5, 5.41) is 0. The number of nitrogens with zero attached hydrogens (tertiary/aromatic N) is 1. The van der Waals surface area contributed by atoms with Crippen molar-refractivity contribution in [2.24, 2.45) is 10.9 Å². The van der Waals surface area contributed by atoms with Crippen LogP contribution in [0.15, 0.2) is 40.6 Å². The molecule has 0 spiro atoms. The van der Waals surface area contributed by atoms with Gasteiger partial charge in [-0.25, -0.2) is 9.71 Å². The smallest absolute Gasteiger partial charge is 0.317 e. The van der Waals surface area contributed by atoms with Gasteiger partial charge in [0.05, 0.1) is 24.3 Å². The summed E-state index contributed by atoms with van der Waals surface area (Å²) in [7, 11) is -2.59. The van der Waals surface area contributed by atoms with Gasteiger partial charge in [0.1, 0.15) is 0 Å². The molecule has 2 aliphatic heterocycles. The van der Waals surface area contributed by atoms with Crippen molar-refractivity contribution in [3.8, 4) is 0 Å². The summed E-state index contributed by atoms with van der Waals surface area (Å²) >= 11 is 0. The van der Waals surface area contributed by atoms with E-state index < -0.39 is 28.0 Å². The number of rotatable bonds is 4. The molecule has 1 unspecified atom stereocenters. The van der Waals surface area contributed by atoms with Crippen molar-refractivity contribution in [2.45, 2.75) is 20.8 Å². The molecule has 1 amide bonds. The number of benzene rings is 1. The number of esters is 1. The number of hydrogen-bond acceptors (Lipinski definition) is 5. The Morgan fingerprint density at radius 3 is 2.67 bits per heavy atom. The van der Waals surface area contributed by atoms with Crippen LogP contribution in [0, 0.1) is 12.8 Å². The second-order valence-corrected chi connectivity index (χ2v) is 7.82. The molecule has 0 saturated carbocycles. The number of amides is 1. The van der Waals surface area contributed by atoms with E-state index in [1.165, 1.54) is 19.2 Å². The van der Waals surface area contributed by atoms with Gasteiger partial charge in [-0.1, -0.05) is 18.2 Å². The number of carbonyl (C=O) groups is 2. The summed E-state index contributed by atoms with van der Waals surface area (Å²) < 4.78 is 41.8. The molecular weight excluding hydrogens is 370 g/mol. The number of hydrogen-bond donors (Lipinski definition) is 2. The van der Waals surface area contributed by atoms with Crippen molar-refractivity contribution in [2.75, 3.05) is 11.8 Å². The Morgan fingerprint density at radius 2 is 2.00 bits per heavy atom. The van der Waals surface area contributed by atoms with E-state index in [-0.39, 0.29) is 23.1 Å². The van der Waals surface area contributed by atoms with Crippen LogP contribution >= 0.6 is 0 Å². The quantitative estimate of drug-likeness (QED) is 0.760. The van der Waals surface area contributed by atoms with Crippen LogP contribution in [-0.2, 0) is 24.5 Å². The second-order valence-electron chi connectivity index (χ2n) is 6.20. The molecule has 27 heavy (non-hydrogen) atoms. The van der Waals surface area contributed by atoms with Crippen LogP contribution in [0.2, 0.25) is 0 Å². The Labute approximate surface area is 158 Å². The lowest BCUT2D eigenvalue weighted by molar-refractivity contribution is -0.142. The number of fused-ring (bicyclic) bond motifs is 1. The van der Waals surface area contributed by atoms with Crippen LogP contribution in [0.5, 0.6) is 0 Å². The van der Waals surface area contributed by atoms with Crippen molar-refractivity contribution in [1.29, 1.82) is 0 Å². The van der Waals surface area contributed by atoms with Gasteiger partial charge in [0.25, 0.3) is 16.1 Å². The largest absolute Gasteiger partial charge is 0.425 e. The average molecular weight is 390 g/mol. The van der Waals surface area contributed by atoms with Gasteiger partial charge in [-0.05, 0) is 37.9 Å². The molecular formula is C18H19N3O5S. The van der Waals surface area contributed by atoms with Crippen molar-refractivity contribution in [3.05, 3.63) is 46.7 Å². The summed E-state index contributed by atoms with van der Waals surface area (Å²) in [4.78, 5) is 28.4. The van der Waals surface area contributed by atoms with E-state index in [1.54, 1.807) is 26.8 Å². The van der Waals surface area contributed by atoms with Gasteiger partial charge < -0.3 is 4.74 Å². The normalized spacial score (nSPS) is 20.4. The van der Waals surface area contributed by atoms with Gasteiger partial charge in [0.2, 0.25) is 0 Å². The summed E-state index contributed by atoms with van der Waals surface area (Å²) in [6.45, 7) is 4.86. The molecule has 2 aliphatic rings. The number of aliphatic imine (C=N–C) groups is 1. The Hall–Kier alpha value is -2.78. The Kier molecular flexibility index (Phi) is 4.40. The SMILES string of the molecule is [2H]c1ccc(C2=C3OC(=O)C(C)C=C3C(=O)N=C2C)c(C)c1NS(=O)(=O)NC. The molecule has 1 aromatic carbocycles. The van der Waals surface area contributed by atoms with Crippen molar-refractivity contribution in [1.82, 2.24) is 4.72 Å². The minimum Gasteiger partial charge on any atom is -0.425 e. The van der Waals surface area contributed by atoms with Gasteiger partial charge >= 0.3 is 5.97 Å². The first-order chi connectivity index (χ1) is 13.1. The maximum atomic E-state index is 12.3. The van der Waals surface area contributed by atoms with Crippen molar-refractivity contribution in [3.63, 3.8) is 0 Å². The third kappa shape index (κ3) is 3.43. The lowest BCUT2D eigenvalue weighted by Gasteiger charge is -2.26. The van der Waals surface area contributed by atoms with Crippen LogP contribution < -0.4 is 9.44 Å². The first-order valence-electron chi connectivity index (χ1n) is 8.65. The summed E-state index contributed by atoms with van der Waals surface area (Å²) in [5.74, 6) is -1.47. The molecule has 0 saturated heterocycles. The molecule has 9 heteroatoms. The van der Waals surface area contributed by atoms with E-state index in [1.807, 2.05) is 0 Å². The minimum absolute atomic E-state index is 0.0304. The van der Waals surface area contributed by atoms with Gasteiger partial charge in [-0.2, -0.15) is 8.42 Å². The lowest BCUT2D eigenvalue weighted by atomic mass is 9.89. The highest BCUT2D eigenvalue weighted by Crippen LogP contribution is 2.37. The molecule has 3 rings (SSSR count). The van der Waals surface area contributed by atoms with Gasteiger partial charge in [0, 0.05) is 12.6 Å². The molecule has 142 valence electrons. The maximum absolute atomic E-state index is 12.3. The molecule has 0 aliphatic carbocycles. The number of anilines is 1. The van der Waals surface area contributed by atoms with Gasteiger partial charge in [-0.3, -0.25) is 14.3 Å². The van der Waals surface area contributed by atoms with Gasteiger partial charge in [-0.15, -0.1) is 0 Å². The number of nitrogens with one attached hydrogen (secondary N) is 2. The van der Waals surface area contributed by atoms with Crippen molar-refractivity contribution >= 4 is 39.1 Å². The number of allylic oxidation sites excluding steroid dienone is 1. The van der Waals surface area contributed by atoms with Crippen molar-refractivity contribution < 1.29 is 24.1 Å². The van der Waals surface area contributed by atoms with E-state index in [0.29, 0.717) is 22.4 Å². The zero-order chi connectivity index (χ0) is 20.8. The number of dihydropyridines is 1. The van der Waals surface area contributed by atoms with E-state index >= 15 is 0 Å². The molecule has 2 heterocycles. The predicted octanol–water partition coefficient (Wildman–Crippen LogP) is 1.70. The third-order valence-electron chi connectivity index (χ3n) is 4.36. The summed E-state index contributed by atoms with van der Waals surface area (Å²) in [5.41, 5.74) is 1.95. The van der Waals surface area contributed by atoms with Crippen LogP contribution in [0.4, 0.5) is 5.69 Å². The highest BCUT2D eigenvalue weighted by atomic mass is 32.2. The molecule has 1 aromatic rings. The fourth-order valence-electron chi connectivity index (χ4n) is 2.88. The Bertz CT molecular complexity index is 1100. The van der Waals surface area contributed by atoms with E-state index in [4.69, 9.17) is 6.11 Å². The average Bonchev–Trinajstić information content (AvgIpc) is 2.62. The zero-order valence-electron chi connectivity index (χ0n) is 16.2. The molecule has 1 atom stereocenters. The Morgan fingerprint density at radius 1 is 1.30 bits per heavy atom. The molecule has 0 aromatic heterocycles. The van der Waals surface area contributed by atoms with E-state index in [9.17, 15) is 18.0 Å². The second kappa shape index (κ2) is 6.75. The lowest BCUT2D eigenvalue weighted by Crippen LogP contribution is -2.28. The standard InChI is InChI=1S/C18H19N3O5S/c1-9-8-13-16(26-18(9)23)15(11(3)20-17(13)22)12-6-5-7-14(10(12)2)21-27(24,25)19-4/h5-9,19,21H,1-4H3/i7D. The highest BCUT2D eigenvalue weighted by Gasteiger charge is 2.35. The molecule has 0 radical (unpaired) electrons. The topological polar surface area (TPSA) is 114 Å². The monoisotopic (exact) mass is 390 g/mol. The minimum atomic E-state index is -3.84. The Balaban J connectivity index is 2.25. The van der Waals surface area contributed by atoms with E-state index in [0.717, 1.165) is 0 Å². The maximum Gasteiger partial charge on any atom is 0.317 e. The highest BCUT2D eigenvalue weighted by molar-refractivity contribution is 7.90. The third-order valence-corrected chi connectivity index (χ3v) is 5.37. The van der Waals surface area contributed by atoms with Crippen LogP contribution in [0.3, 0.4) is 0 Å². The number of ether oxygens (including phenoxy) is 1. The molecule has 2 N–H and O–H groups in total. The fourth-order valence-corrected chi connectivity index (χ4v) is 3.47. The predicted molar refractivity (Wildman–Crippen MR) is 101 cm³/mol. The van der Waals surface area contributed by atoms with Crippen LogP contribution in [0.1, 0.15) is 26.3 Å². The molecule has 0 fully saturated rings. The first-order valence-corrected chi connectivity index (χ1v) is 9.64.